The SMILES string of the molecule is O=C(CSc1nc2ccccc2o1)NC1CCCCCCC1. The molecule has 0 unspecified atom stereocenters. The number of thioether (sulfide) groups is 1. The number of para-hydroxylation sites is 2. The third kappa shape index (κ3) is 4.26. The number of amides is 1. The van der Waals surface area contributed by atoms with Gasteiger partial charge < -0.3 is 9.73 Å². The maximum atomic E-state index is 12.1. The van der Waals surface area contributed by atoms with Crippen molar-refractivity contribution in [2.45, 2.75) is 56.2 Å². The number of oxazole rings is 1. The third-order valence-electron chi connectivity index (χ3n) is 4.07. The van der Waals surface area contributed by atoms with Gasteiger partial charge in [0.05, 0.1) is 5.75 Å². The van der Waals surface area contributed by atoms with Crippen molar-refractivity contribution in [3.05, 3.63) is 24.3 Å². The Morgan fingerprint density at radius 2 is 1.91 bits per heavy atom. The van der Waals surface area contributed by atoms with Crippen LogP contribution in [0.25, 0.3) is 11.1 Å². The van der Waals surface area contributed by atoms with Crippen LogP contribution in [0, 0.1) is 0 Å². The van der Waals surface area contributed by atoms with E-state index in [1.807, 2.05) is 24.3 Å². The molecule has 1 N–H and O–H groups in total. The average molecular weight is 318 g/mol. The lowest BCUT2D eigenvalue weighted by atomic mass is 9.97. The Hall–Kier alpha value is -1.49. The fourth-order valence-electron chi connectivity index (χ4n) is 2.91. The van der Waals surface area contributed by atoms with Crippen LogP contribution in [0.3, 0.4) is 0 Å². The maximum Gasteiger partial charge on any atom is 0.257 e. The highest BCUT2D eigenvalue weighted by atomic mass is 32.2. The monoisotopic (exact) mass is 318 g/mol. The summed E-state index contributed by atoms with van der Waals surface area (Å²) in [5.41, 5.74) is 1.61. The third-order valence-corrected chi connectivity index (χ3v) is 4.90. The van der Waals surface area contributed by atoms with Gasteiger partial charge in [-0.25, -0.2) is 4.98 Å². The van der Waals surface area contributed by atoms with Crippen molar-refractivity contribution < 1.29 is 9.21 Å². The normalized spacial score (nSPS) is 17.1. The van der Waals surface area contributed by atoms with Gasteiger partial charge in [-0.3, -0.25) is 4.79 Å². The van der Waals surface area contributed by atoms with Crippen molar-refractivity contribution in [1.29, 1.82) is 0 Å². The zero-order valence-electron chi connectivity index (χ0n) is 12.7. The van der Waals surface area contributed by atoms with Gasteiger partial charge in [0.2, 0.25) is 5.91 Å². The molecule has 1 fully saturated rings. The smallest absolute Gasteiger partial charge is 0.257 e. The highest BCUT2D eigenvalue weighted by molar-refractivity contribution is 7.99. The Morgan fingerprint density at radius 3 is 2.68 bits per heavy atom. The minimum absolute atomic E-state index is 0.0813. The molecule has 1 saturated carbocycles. The standard InChI is InChI=1S/C17H22N2O2S/c20-16(18-13-8-4-2-1-3-5-9-13)12-22-17-19-14-10-6-7-11-15(14)21-17/h6-7,10-11,13H,1-5,8-9,12H2,(H,18,20). The van der Waals surface area contributed by atoms with Gasteiger partial charge >= 0.3 is 0 Å². The van der Waals surface area contributed by atoms with Gasteiger partial charge in [-0.05, 0) is 25.0 Å². The van der Waals surface area contributed by atoms with E-state index >= 15 is 0 Å². The van der Waals surface area contributed by atoms with E-state index in [-0.39, 0.29) is 5.91 Å². The average Bonchev–Trinajstić information content (AvgIpc) is 2.91. The molecule has 2 aromatic rings. The number of carbonyl (C=O) groups is 1. The summed E-state index contributed by atoms with van der Waals surface area (Å²) in [6.07, 6.45) is 8.60. The number of nitrogens with zero attached hydrogens (tertiary/aromatic N) is 1. The molecule has 5 heteroatoms. The summed E-state index contributed by atoms with van der Waals surface area (Å²) in [4.78, 5) is 16.5. The second-order valence-corrected chi connectivity index (χ2v) is 6.77. The molecule has 0 bridgehead atoms. The summed E-state index contributed by atoms with van der Waals surface area (Å²) < 4.78 is 5.62. The Bertz CT molecular complexity index is 585. The van der Waals surface area contributed by atoms with E-state index in [4.69, 9.17) is 4.42 Å². The first-order chi connectivity index (χ1) is 10.8. The number of hydrogen-bond donors (Lipinski definition) is 1. The van der Waals surface area contributed by atoms with Gasteiger partial charge in [-0.15, -0.1) is 0 Å². The van der Waals surface area contributed by atoms with E-state index in [1.165, 1.54) is 43.9 Å². The summed E-state index contributed by atoms with van der Waals surface area (Å²) in [5.74, 6) is 0.446. The molecule has 4 nitrogen and oxygen atoms in total. The molecule has 22 heavy (non-hydrogen) atoms. The summed E-state index contributed by atoms with van der Waals surface area (Å²) in [6.45, 7) is 0. The minimum atomic E-state index is 0.0813. The van der Waals surface area contributed by atoms with Crippen molar-refractivity contribution in [2.24, 2.45) is 0 Å². The lowest BCUT2D eigenvalue weighted by molar-refractivity contribution is -0.119. The number of aromatic nitrogens is 1. The highest BCUT2D eigenvalue weighted by Crippen LogP contribution is 2.23. The lowest BCUT2D eigenvalue weighted by Crippen LogP contribution is -2.36. The minimum Gasteiger partial charge on any atom is -0.431 e. The molecule has 1 aliphatic carbocycles. The fraction of sp³-hybridized carbons (Fsp3) is 0.529. The van der Waals surface area contributed by atoms with Crippen molar-refractivity contribution in [3.8, 4) is 0 Å². The molecule has 118 valence electrons. The van der Waals surface area contributed by atoms with E-state index in [0.717, 1.165) is 23.9 Å². The van der Waals surface area contributed by atoms with Crippen LogP contribution in [0.4, 0.5) is 0 Å². The number of hydrogen-bond acceptors (Lipinski definition) is 4. The molecule has 0 aliphatic heterocycles. The molecule has 0 radical (unpaired) electrons. The van der Waals surface area contributed by atoms with Gasteiger partial charge in [-0.2, -0.15) is 0 Å². The largest absolute Gasteiger partial charge is 0.431 e. The van der Waals surface area contributed by atoms with Crippen LogP contribution in [-0.2, 0) is 4.79 Å². The van der Waals surface area contributed by atoms with Gasteiger partial charge in [0, 0.05) is 6.04 Å². The van der Waals surface area contributed by atoms with Crippen LogP contribution >= 0.6 is 11.8 Å². The first-order valence-corrected chi connectivity index (χ1v) is 9.07. The zero-order valence-corrected chi connectivity index (χ0v) is 13.5. The van der Waals surface area contributed by atoms with Crippen LogP contribution in [0.2, 0.25) is 0 Å². The van der Waals surface area contributed by atoms with E-state index in [0.29, 0.717) is 17.0 Å². The number of rotatable bonds is 4. The molecule has 1 aliphatic rings. The van der Waals surface area contributed by atoms with Gasteiger partial charge in [0.25, 0.3) is 5.22 Å². The molecule has 1 aromatic carbocycles. The first kappa shape index (κ1) is 15.4. The molecule has 1 aromatic heterocycles. The number of carbonyl (C=O) groups excluding carboxylic acids is 1. The van der Waals surface area contributed by atoms with E-state index < -0.39 is 0 Å². The Kier molecular flexibility index (Phi) is 5.38. The molecule has 1 amide bonds. The lowest BCUT2D eigenvalue weighted by Gasteiger charge is -2.20. The number of nitrogens with one attached hydrogen (secondary N) is 1. The fourth-order valence-corrected chi connectivity index (χ4v) is 3.56. The molecular formula is C17H22N2O2S. The van der Waals surface area contributed by atoms with Crippen molar-refractivity contribution in [2.75, 3.05) is 5.75 Å². The second-order valence-electron chi connectivity index (χ2n) is 5.85. The molecule has 1 heterocycles. The number of fused-ring (bicyclic) bond motifs is 1. The van der Waals surface area contributed by atoms with E-state index in [9.17, 15) is 4.79 Å². The van der Waals surface area contributed by atoms with Crippen molar-refractivity contribution >= 4 is 28.8 Å². The maximum absolute atomic E-state index is 12.1. The first-order valence-electron chi connectivity index (χ1n) is 8.09. The Morgan fingerprint density at radius 1 is 1.18 bits per heavy atom. The Labute approximate surface area is 135 Å². The predicted molar refractivity (Wildman–Crippen MR) is 89.0 cm³/mol. The molecule has 0 saturated heterocycles. The topological polar surface area (TPSA) is 55.1 Å². The van der Waals surface area contributed by atoms with E-state index in [2.05, 4.69) is 10.3 Å². The number of benzene rings is 1. The zero-order chi connectivity index (χ0) is 15.2. The van der Waals surface area contributed by atoms with Gasteiger partial charge in [0.1, 0.15) is 5.52 Å². The predicted octanol–water partition coefficient (Wildman–Crippen LogP) is 4.15. The quantitative estimate of drug-likeness (QED) is 0.860. The summed E-state index contributed by atoms with van der Waals surface area (Å²) in [5, 5.41) is 3.73. The van der Waals surface area contributed by atoms with Gasteiger partial charge in [0.15, 0.2) is 5.58 Å². The Balaban J connectivity index is 1.48. The van der Waals surface area contributed by atoms with Crippen LogP contribution in [0.15, 0.2) is 33.9 Å². The van der Waals surface area contributed by atoms with Crippen LogP contribution in [0.5, 0.6) is 0 Å². The van der Waals surface area contributed by atoms with Crippen LogP contribution in [-0.4, -0.2) is 22.7 Å². The van der Waals surface area contributed by atoms with Crippen molar-refractivity contribution in [3.63, 3.8) is 0 Å². The summed E-state index contributed by atoms with van der Waals surface area (Å²) in [6, 6.07) is 8.00. The summed E-state index contributed by atoms with van der Waals surface area (Å²) >= 11 is 1.36. The van der Waals surface area contributed by atoms with Crippen molar-refractivity contribution in [1.82, 2.24) is 10.3 Å². The molecule has 3 rings (SSSR count). The summed E-state index contributed by atoms with van der Waals surface area (Å²) in [7, 11) is 0. The molecule has 0 atom stereocenters. The highest BCUT2D eigenvalue weighted by Gasteiger charge is 2.15. The van der Waals surface area contributed by atoms with Crippen LogP contribution in [0.1, 0.15) is 44.9 Å². The molecular weight excluding hydrogens is 296 g/mol. The second kappa shape index (κ2) is 7.68. The van der Waals surface area contributed by atoms with E-state index in [1.54, 1.807) is 0 Å². The van der Waals surface area contributed by atoms with Crippen LogP contribution < -0.4 is 5.32 Å². The van der Waals surface area contributed by atoms with Gasteiger partial charge in [-0.1, -0.05) is 56.0 Å². The molecule has 0 spiro atoms.